The van der Waals surface area contributed by atoms with Crippen LogP contribution < -0.4 is 4.74 Å². The van der Waals surface area contributed by atoms with Crippen molar-refractivity contribution in [3.05, 3.63) is 65.9 Å². The number of ketones is 1. The van der Waals surface area contributed by atoms with Crippen LogP contribution in [0.2, 0.25) is 0 Å². The third-order valence-corrected chi connectivity index (χ3v) is 6.45. The smallest absolute Gasteiger partial charge is 0.169 e. The zero-order valence-corrected chi connectivity index (χ0v) is 15.8. The molecule has 1 N–H and O–H groups in total. The molecule has 134 valence electrons. The molecule has 0 bridgehead atoms. The maximum atomic E-state index is 13.3. The van der Waals surface area contributed by atoms with Gasteiger partial charge in [-0.2, -0.15) is 0 Å². The van der Waals surface area contributed by atoms with Crippen molar-refractivity contribution < 1.29 is 9.53 Å². The highest BCUT2D eigenvalue weighted by molar-refractivity contribution is 6.12. The predicted octanol–water partition coefficient (Wildman–Crippen LogP) is 5.61. The number of aromatic nitrogens is 1. The maximum absolute atomic E-state index is 13.3. The van der Waals surface area contributed by atoms with E-state index in [4.69, 9.17) is 4.74 Å². The molecule has 26 heavy (non-hydrogen) atoms. The topological polar surface area (TPSA) is 42.1 Å². The lowest BCUT2D eigenvalue weighted by Gasteiger charge is -2.09. The zero-order chi connectivity index (χ0) is 18.5. The summed E-state index contributed by atoms with van der Waals surface area (Å²) in [7, 11) is 0. The van der Waals surface area contributed by atoms with Crippen LogP contribution in [-0.4, -0.2) is 10.8 Å². The molecular weight excluding hydrogens is 322 g/mol. The number of hydrogen-bond acceptors (Lipinski definition) is 2. The van der Waals surface area contributed by atoms with Crippen LogP contribution in [0.3, 0.4) is 0 Å². The first-order valence-corrected chi connectivity index (χ1v) is 9.15. The van der Waals surface area contributed by atoms with Gasteiger partial charge in [-0.25, -0.2) is 0 Å². The Hall–Kier alpha value is -2.55. The van der Waals surface area contributed by atoms with Gasteiger partial charge in [-0.15, -0.1) is 0 Å². The first-order chi connectivity index (χ1) is 12.3. The summed E-state index contributed by atoms with van der Waals surface area (Å²) < 4.78 is 6.09. The molecule has 1 fully saturated rings. The Labute approximate surface area is 154 Å². The van der Waals surface area contributed by atoms with Crippen LogP contribution in [0, 0.1) is 16.7 Å². The third-order valence-electron chi connectivity index (χ3n) is 6.45. The molecular formula is C23H25NO2. The third kappa shape index (κ3) is 2.45. The van der Waals surface area contributed by atoms with E-state index >= 15 is 0 Å². The fraction of sp³-hybridized carbons (Fsp3) is 0.348. The van der Waals surface area contributed by atoms with Crippen molar-refractivity contribution in [1.82, 2.24) is 4.98 Å². The van der Waals surface area contributed by atoms with Gasteiger partial charge in [0.15, 0.2) is 5.78 Å². The lowest BCUT2D eigenvalue weighted by Crippen LogP contribution is -2.07. The number of rotatable bonds is 5. The molecule has 3 aromatic rings. The van der Waals surface area contributed by atoms with E-state index in [1.54, 1.807) is 0 Å². The number of hydrogen-bond donors (Lipinski definition) is 1. The SMILES string of the molecule is CC1(C)C(C(=O)c2c[nH]c3cccc(OCc4ccccc4)c23)C1(C)C. The highest BCUT2D eigenvalue weighted by Gasteiger charge is 2.68. The molecule has 1 saturated carbocycles. The molecule has 0 atom stereocenters. The molecule has 1 heterocycles. The van der Waals surface area contributed by atoms with Gasteiger partial charge >= 0.3 is 0 Å². The number of benzene rings is 2. The Bertz CT molecular complexity index is 952. The summed E-state index contributed by atoms with van der Waals surface area (Å²) in [6.07, 6.45) is 1.84. The van der Waals surface area contributed by atoms with E-state index in [0.717, 1.165) is 27.8 Å². The lowest BCUT2D eigenvalue weighted by atomic mass is 10.0. The molecule has 0 unspecified atom stereocenters. The molecule has 3 heteroatoms. The van der Waals surface area contributed by atoms with Gasteiger partial charge in [-0.1, -0.05) is 64.1 Å². The number of fused-ring (bicyclic) bond motifs is 1. The van der Waals surface area contributed by atoms with Crippen LogP contribution >= 0.6 is 0 Å². The van der Waals surface area contributed by atoms with Gasteiger partial charge in [-0.3, -0.25) is 4.79 Å². The van der Waals surface area contributed by atoms with E-state index in [1.165, 1.54) is 0 Å². The summed E-state index contributed by atoms with van der Waals surface area (Å²) in [6.45, 7) is 9.20. The lowest BCUT2D eigenvalue weighted by molar-refractivity contribution is 0.0946. The van der Waals surface area contributed by atoms with E-state index in [1.807, 2.05) is 54.7 Å². The summed E-state index contributed by atoms with van der Waals surface area (Å²) in [6, 6.07) is 16.0. The Morgan fingerprint density at radius 3 is 2.35 bits per heavy atom. The fourth-order valence-corrected chi connectivity index (χ4v) is 4.21. The average molecular weight is 347 g/mol. The summed E-state index contributed by atoms with van der Waals surface area (Å²) in [5.41, 5.74) is 2.83. The molecule has 1 aromatic heterocycles. The fourth-order valence-electron chi connectivity index (χ4n) is 4.21. The quantitative estimate of drug-likeness (QED) is 0.609. The number of nitrogens with one attached hydrogen (secondary N) is 1. The van der Waals surface area contributed by atoms with Crippen molar-refractivity contribution in [3.63, 3.8) is 0 Å². The molecule has 0 amide bonds. The van der Waals surface area contributed by atoms with Crippen LogP contribution in [0.1, 0.15) is 43.6 Å². The molecule has 0 radical (unpaired) electrons. The van der Waals surface area contributed by atoms with Crippen molar-refractivity contribution in [1.29, 1.82) is 0 Å². The van der Waals surface area contributed by atoms with Crippen LogP contribution in [0.15, 0.2) is 54.7 Å². The number of ether oxygens (including phenoxy) is 1. The highest BCUT2D eigenvalue weighted by Crippen LogP contribution is 2.69. The molecule has 2 aromatic carbocycles. The zero-order valence-electron chi connectivity index (χ0n) is 15.8. The van der Waals surface area contributed by atoms with E-state index < -0.39 is 0 Å². The molecule has 1 aliphatic carbocycles. The second-order valence-electron chi connectivity index (χ2n) is 8.40. The highest BCUT2D eigenvalue weighted by atomic mass is 16.5. The average Bonchev–Trinajstić information content (AvgIpc) is 2.92. The van der Waals surface area contributed by atoms with Crippen molar-refractivity contribution >= 4 is 16.7 Å². The Balaban J connectivity index is 1.68. The number of aromatic amines is 1. The van der Waals surface area contributed by atoms with E-state index in [2.05, 4.69) is 32.7 Å². The minimum Gasteiger partial charge on any atom is -0.488 e. The van der Waals surface area contributed by atoms with E-state index in [-0.39, 0.29) is 22.5 Å². The minimum atomic E-state index is 0.0213. The van der Waals surface area contributed by atoms with Crippen molar-refractivity contribution in [2.75, 3.05) is 0 Å². The van der Waals surface area contributed by atoms with Gasteiger partial charge in [0.2, 0.25) is 0 Å². The molecule has 0 spiro atoms. The maximum Gasteiger partial charge on any atom is 0.169 e. The Morgan fingerprint density at radius 2 is 1.69 bits per heavy atom. The van der Waals surface area contributed by atoms with Crippen LogP contribution in [0.5, 0.6) is 5.75 Å². The molecule has 3 nitrogen and oxygen atoms in total. The molecule has 4 rings (SSSR count). The minimum absolute atomic E-state index is 0.0213. The van der Waals surface area contributed by atoms with Gasteiger partial charge in [0.25, 0.3) is 0 Å². The first-order valence-electron chi connectivity index (χ1n) is 9.15. The number of carbonyl (C=O) groups is 1. The van der Waals surface area contributed by atoms with Gasteiger partial charge in [0.05, 0.1) is 5.39 Å². The van der Waals surface area contributed by atoms with Crippen molar-refractivity contribution in [2.45, 2.75) is 34.3 Å². The number of Topliss-reactive ketones (excluding diaryl/α,β-unsaturated/α-hetero) is 1. The molecule has 0 aliphatic heterocycles. The monoisotopic (exact) mass is 347 g/mol. The van der Waals surface area contributed by atoms with Crippen LogP contribution in [-0.2, 0) is 6.61 Å². The van der Waals surface area contributed by atoms with Crippen molar-refractivity contribution in [3.8, 4) is 5.75 Å². The van der Waals surface area contributed by atoms with Crippen molar-refractivity contribution in [2.24, 2.45) is 16.7 Å². The molecule has 0 saturated heterocycles. The van der Waals surface area contributed by atoms with E-state index in [9.17, 15) is 4.79 Å². The van der Waals surface area contributed by atoms with E-state index in [0.29, 0.717) is 6.61 Å². The summed E-state index contributed by atoms with van der Waals surface area (Å²) >= 11 is 0. The first kappa shape index (κ1) is 16.9. The Kier molecular flexibility index (Phi) is 3.72. The van der Waals surface area contributed by atoms with Gasteiger partial charge in [-0.05, 0) is 28.5 Å². The predicted molar refractivity (Wildman–Crippen MR) is 104 cm³/mol. The number of H-pyrrole nitrogens is 1. The standard InChI is InChI=1S/C23H25NO2/c1-22(2)21(23(22,3)4)20(25)16-13-24-17-11-8-12-18(19(16)17)26-14-15-9-6-5-7-10-15/h5-13,21,24H,14H2,1-4H3. The summed E-state index contributed by atoms with van der Waals surface area (Å²) in [5.74, 6) is 1.01. The molecule has 1 aliphatic rings. The number of carbonyl (C=O) groups excluding carboxylic acids is 1. The summed E-state index contributed by atoms with van der Waals surface area (Å²) in [5, 5.41) is 0.895. The van der Waals surface area contributed by atoms with Crippen LogP contribution in [0.25, 0.3) is 10.9 Å². The largest absolute Gasteiger partial charge is 0.488 e. The normalized spacial score (nSPS) is 18.0. The van der Waals surface area contributed by atoms with Gasteiger partial charge in [0.1, 0.15) is 12.4 Å². The second-order valence-corrected chi connectivity index (χ2v) is 8.40. The van der Waals surface area contributed by atoms with Crippen LogP contribution in [0.4, 0.5) is 0 Å². The van der Waals surface area contributed by atoms with Gasteiger partial charge < -0.3 is 9.72 Å². The van der Waals surface area contributed by atoms with Gasteiger partial charge in [0, 0.05) is 23.2 Å². The summed E-state index contributed by atoms with van der Waals surface area (Å²) in [4.78, 5) is 16.5. The second kappa shape index (κ2) is 5.73. The Morgan fingerprint density at radius 1 is 1.00 bits per heavy atom.